The number of pyridine rings is 1. The van der Waals surface area contributed by atoms with Crippen molar-refractivity contribution in [3.63, 3.8) is 0 Å². The van der Waals surface area contributed by atoms with Crippen LogP contribution in [0.5, 0.6) is 0 Å². The largest absolute Gasteiger partial charge is 0.398 e. The van der Waals surface area contributed by atoms with E-state index in [1.54, 1.807) is 31.4 Å². The predicted octanol–water partition coefficient (Wildman–Crippen LogP) is 0.862. The quantitative estimate of drug-likeness (QED) is 0.793. The second-order valence-electron chi connectivity index (χ2n) is 4.71. The summed E-state index contributed by atoms with van der Waals surface area (Å²) in [4.78, 5) is 4.18. The Morgan fingerprint density at radius 3 is 2.76 bits per heavy atom. The number of hydrogen-bond donors (Lipinski definition) is 2. The lowest BCUT2D eigenvalue weighted by Crippen LogP contribution is -2.32. The SMILES string of the molecule is CC(CNS(=O)(=O)c1ccc(N)c2cccnc12)S(C)=O. The topological polar surface area (TPSA) is 102 Å². The Kier molecular flexibility index (Phi) is 4.60. The van der Waals surface area contributed by atoms with Crippen LogP contribution >= 0.6 is 0 Å². The fourth-order valence-electron chi connectivity index (χ4n) is 1.81. The van der Waals surface area contributed by atoms with Gasteiger partial charge in [-0.15, -0.1) is 0 Å². The smallest absolute Gasteiger partial charge is 0.242 e. The molecule has 0 aliphatic rings. The highest BCUT2D eigenvalue weighted by Crippen LogP contribution is 2.25. The Labute approximate surface area is 126 Å². The molecule has 0 amide bonds. The molecule has 114 valence electrons. The summed E-state index contributed by atoms with van der Waals surface area (Å²) < 4.78 is 38.6. The molecule has 6 nitrogen and oxygen atoms in total. The maximum absolute atomic E-state index is 12.4. The van der Waals surface area contributed by atoms with Gasteiger partial charge in [-0.25, -0.2) is 13.1 Å². The van der Waals surface area contributed by atoms with E-state index in [0.717, 1.165) is 0 Å². The van der Waals surface area contributed by atoms with Crippen LogP contribution in [-0.4, -0.2) is 35.7 Å². The third kappa shape index (κ3) is 3.39. The lowest BCUT2D eigenvalue weighted by molar-refractivity contribution is 0.581. The molecule has 1 aromatic heterocycles. The molecule has 1 heterocycles. The van der Waals surface area contributed by atoms with Crippen molar-refractivity contribution in [3.8, 4) is 0 Å². The van der Waals surface area contributed by atoms with Gasteiger partial charge in [0.1, 0.15) is 4.90 Å². The van der Waals surface area contributed by atoms with Crippen LogP contribution in [0.2, 0.25) is 0 Å². The number of nitrogens with two attached hydrogens (primary N) is 1. The van der Waals surface area contributed by atoms with Crippen molar-refractivity contribution in [1.29, 1.82) is 0 Å². The second-order valence-corrected chi connectivity index (χ2v) is 8.25. The van der Waals surface area contributed by atoms with E-state index in [1.807, 2.05) is 0 Å². The van der Waals surface area contributed by atoms with Crippen molar-refractivity contribution in [2.75, 3.05) is 18.5 Å². The van der Waals surface area contributed by atoms with Gasteiger partial charge in [0.2, 0.25) is 10.0 Å². The Morgan fingerprint density at radius 2 is 2.10 bits per heavy atom. The number of benzene rings is 1. The van der Waals surface area contributed by atoms with Gasteiger partial charge in [-0.05, 0) is 31.2 Å². The molecule has 8 heteroatoms. The third-order valence-electron chi connectivity index (χ3n) is 3.18. The maximum Gasteiger partial charge on any atom is 0.242 e. The van der Waals surface area contributed by atoms with Gasteiger partial charge in [0.05, 0.1) is 5.52 Å². The number of anilines is 1. The number of nitrogens with one attached hydrogen (secondary N) is 1. The summed E-state index contributed by atoms with van der Waals surface area (Å²) in [6, 6.07) is 6.39. The lowest BCUT2D eigenvalue weighted by Gasteiger charge is -2.12. The fraction of sp³-hybridized carbons (Fsp3) is 0.308. The minimum atomic E-state index is -3.73. The van der Waals surface area contributed by atoms with Crippen molar-refractivity contribution in [1.82, 2.24) is 9.71 Å². The monoisotopic (exact) mass is 327 g/mol. The predicted molar refractivity (Wildman–Crippen MR) is 84.9 cm³/mol. The second kappa shape index (κ2) is 6.08. The summed E-state index contributed by atoms with van der Waals surface area (Å²) in [6.07, 6.45) is 3.06. The average Bonchev–Trinajstić information content (AvgIpc) is 2.45. The highest BCUT2D eigenvalue weighted by molar-refractivity contribution is 7.89. The molecule has 2 atom stereocenters. The molecule has 2 unspecified atom stereocenters. The molecule has 0 bridgehead atoms. The minimum Gasteiger partial charge on any atom is -0.398 e. The Hall–Kier alpha value is -1.51. The van der Waals surface area contributed by atoms with E-state index in [2.05, 4.69) is 9.71 Å². The Balaban J connectivity index is 2.41. The van der Waals surface area contributed by atoms with E-state index in [1.165, 1.54) is 12.3 Å². The van der Waals surface area contributed by atoms with Crippen LogP contribution in [0.3, 0.4) is 0 Å². The van der Waals surface area contributed by atoms with Crippen LogP contribution in [0.1, 0.15) is 6.92 Å². The Bertz CT molecular complexity index is 790. The molecular formula is C13H17N3O3S2. The number of nitrogens with zero attached hydrogens (tertiary/aromatic N) is 1. The normalized spacial score (nSPS) is 15.0. The standard InChI is InChI=1S/C13H17N3O3S2/c1-9(20(2)17)8-16-21(18,19)12-6-5-11(14)10-4-3-7-15-13(10)12/h3-7,9,16H,8,14H2,1-2H3. The zero-order valence-corrected chi connectivity index (χ0v) is 13.4. The van der Waals surface area contributed by atoms with Crippen molar-refractivity contribution in [3.05, 3.63) is 30.5 Å². The number of fused-ring (bicyclic) bond motifs is 1. The first kappa shape index (κ1) is 15.9. The van der Waals surface area contributed by atoms with Gasteiger partial charge >= 0.3 is 0 Å². The first-order chi connectivity index (χ1) is 9.83. The van der Waals surface area contributed by atoms with E-state index in [0.29, 0.717) is 16.6 Å². The van der Waals surface area contributed by atoms with Crippen molar-refractivity contribution in [2.45, 2.75) is 17.1 Å². The molecule has 21 heavy (non-hydrogen) atoms. The zero-order chi connectivity index (χ0) is 15.6. The molecule has 1 aromatic carbocycles. The maximum atomic E-state index is 12.4. The van der Waals surface area contributed by atoms with Crippen LogP contribution in [-0.2, 0) is 20.8 Å². The van der Waals surface area contributed by atoms with E-state index in [4.69, 9.17) is 5.73 Å². The van der Waals surface area contributed by atoms with E-state index < -0.39 is 20.8 Å². The molecule has 2 rings (SSSR count). The number of rotatable bonds is 5. The first-order valence-electron chi connectivity index (χ1n) is 6.28. The first-order valence-corrected chi connectivity index (χ1v) is 9.38. The highest BCUT2D eigenvalue weighted by atomic mass is 32.2. The fourth-order valence-corrected chi connectivity index (χ4v) is 3.52. The summed E-state index contributed by atoms with van der Waals surface area (Å²) >= 11 is 0. The summed E-state index contributed by atoms with van der Waals surface area (Å²) in [5.41, 5.74) is 6.64. The molecule has 3 N–H and O–H groups in total. The molecule has 0 aliphatic carbocycles. The van der Waals surface area contributed by atoms with Crippen molar-refractivity contribution >= 4 is 37.4 Å². The molecule has 0 fully saturated rings. The summed E-state index contributed by atoms with van der Waals surface area (Å²) in [7, 11) is -4.83. The van der Waals surface area contributed by atoms with Gasteiger partial charge in [-0.1, -0.05) is 0 Å². The molecule has 0 radical (unpaired) electrons. The van der Waals surface area contributed by atoms with Gasteiger partial charge < -0.3 is 5.73 Å². The third-order valence-corrected chi connectivity index (χ3v) is 5.94. The van der Waals surface area contributed by atoms with Gasteiger partial charge in [0.15, 0.2) is 0 Å². The molecule has 0 saturated heterocycles. The molecule has 0 saturated carbocycles. The van der Waals surface area contributed by atoms with Crippen LogP contribution in [0.15, 0.2) is 35.4 Å². The molecular weight excluding hydrogens is 310 g/mol. The number of nitrogen functional groups attached to an aromatic ring is 1. The van der Waals surface area contributed by atoms with Gasteiger partial charge in [-0.3, -0.25) is 9.19 Å². The summed E-state index contributed by atoms with van der Waals surface area (Å²) in [6.45, 7) is 1.82. The summed E-state index contributed by atoms with van der Waals surface area (Å²) in [5, 5.41) is 0.320. The van der Waals surface area contributed by atoms with Gasteiger partial charge in [-0.2, -0.15) is 0 Å². The summed E-state index contributed by atoms with van der Waals surface area (Å²) in [5.74, 6) is 0. The van der Waals surface area contributed by atoms with Gasteiger partial charge in [0.25, 0.3) is 0 Å². The zero-order valence-electron chi connectivity index (χ0n) is 11.7. The van der Waals surface area contributed by atoms with Crippen LogP contribution in [0, 0.1) is 0 Å². The number of sulfonamides is 1. The number of aromatic nitrogens is 1. The molecule has 0 spiro atoms. The van der Waals surface area contributed by atoms with Crippen LogP contribution in [0.4, 0.5) is 5.69 Å². The molecule has 0 aliphatic heterocycles. The van der Waals surface area contributed by atoms with Crippen LogP contribution < -0.4 is 10.5 Å². The highest BCUT2D eigenvalue weighted by Gasteiger charge is 2.20. The van der Waals surface area contributed by atoms with Crippen molar-refractivity contribution in [2.24, 2.45) is 0 Å². The Morgan fingerprint density at radius 1 is 1.38 bits per heavy atom. The van der Waals surface area contributed by atoms with Gasteiger partial charge in [0, 0.05) is 46.1 Å². The lowest BCUT2D eigenvalue weighted by atomic mass is 10.2. The van der Waals surface area contributed by atoms with E-state index in [-0.39, 0.29) is 16.7 Å². The van der Waals surface area contributed by atoms with E-state index in [9.17, 15) is 12.6 Å². The van der Waals surface area contributed by atoms with Crippen LogP contribution in [0.25, 0.3) is 10.9 Å². The number of hydrogen-bond acceptors (Lipinski definition) is 5. The van der Waals surface area contributed by atoms with Crippen molar-refractivity contribution < 1.29 is 12.6 Å². The minimum absolute atomic E-state index is 0.0707. The average molecular weight is 327 g/mol. The molecule has 2 aromatic rings. The van der Waals surface area contributed by atoms with E-state index >= 15 is 0 Å².